The number of hydrogen-bond donors (Lipinski definition) is 1. The molecule has 7 nitrogen and oxygen atoms in total. The minimum Gasteiger partial charge on any atom is -0.466 e. The first-order valence-electron chi connectivity index (χ1n) is 8.27. The molecule has 136 valence electrons. The van der Waals surface area contributed by atoms with Crippen LogP contribution in [0.5, 0.6) is 0 Å². The number of rotatable bonds is 4. The van der Waals surface area contributed by atoms with Crippen molar-refractivity contribution in [2.24, 2.45) is 0 Å². The standard InChI is InChI=1S/C19H21N3O4/c1-12-10-15(13(2)26-12)19(3)17(24)22(18(25)20-19)11-16(23)21(4)14-8-6-5-7-9-14/h5-10H,11H2,1-4H3,(H,20,25). The molecule has 1 aliphatic rings. The molecule has 1 fully saturated rings. The fraction of sp³-hybridized carbons (Fsp3) is 0.316. The molecule has 1 aliphatic heterocycles. The Bertz CT molecular complexity index is 874. The van der Waals surface area contributed by atoms with Crippen LogP contribution in [0.15, 0.2) is 40.8 Å². The van der Waals surface area contributed by atoms with Gasteiger partial charge in [-0.1, -0.05) is 18.2 Å². The van der Waals surface area contributed by atoms with Gasteiger partial charge in [-0.15, -0.1) is 0 Å². The van der Waals surface area contributed by atoms with Crippen molar-refractivity contribution < 1.29 is 18.8 Å². The van der Waals surface area contributed by atoms with E-state index in [1.807, 2.05) is 18.2 Å². The molecule has 0 radical (unpaired) electrons. The number of nitrogens with one attached hydrogen (secondary N) is 1. The molecule has 0 bridgehead atoms. The quantitative estimate of drug-likeness (QED) is 0.853. The molecule has 7 heteroatoms. The van der Waals surface area contributed by atoms with Gasteiger partial charge >= 0.3 is 6.03 Å². The van der Waals surface area contributed by atoms with Gasteiger partial charge in [-0.3, -0.25) is 14.5 Å². The second-order valence-electron chi connectivity index (χ2n) is 6.56. The fourth-order valence-corrected chi connectivity index (χ4v) is 3.19. The summed E-state index contributed by atoms with van der Waals surface area (Å²) in [4.78, 5) is 40.2. The Hall–Kier alpha value is -3.09. The Morgan fingerprint density at radius 3 is 2.46 bits per heavy atom. The molecule has 1 unspecified atom stereocenters. The van der Waals surface area contributed by atoms with Crippen LogP contribution in [-0.4, -0.2) is 36.3 Å². The van der Waals surface area contributed by atoms with Crippen molar-refractivity contribution in [2.45, 2.75) is 26.3 Å². The summed E-state index contributed by atoms with van der Waals surface area (Å²) in [6.07, 6.45) is 0. The van der Waals surface area contributed by atoms with Crippen molar-refractivity contribution in [3.63, 3.8) is 0 Å². The number of furan rings is 1. The number of para-hydroxylation sites is 1. The predicted octanol–water partition coefficient (Wildman–Crippen LogP) is 2.33. The van der Waals surface area contributed by atoms with E-state index >= 15 is 0 Å². The normalized spacial score (nSPS) is 19.6. The fourth-order valence-electron chi connectivity index (χ4n) is 3.19. The molecule has 1 aromatic heterocycles. The molecule has 1 atom stereocenters. The van der Waals surface area contributed by atoms with Crippen molar-refractivity contribution in [2.75, 3.05) is 18.5 Å². The lowest BCUT2D eigenvalue weighted by Crippen LogP contribution is -2.43. The van der Waals surface area contributed by atoms with E-state index in [0.717, 1.165) is 4.90 Å². The smallest absolute Gasteiger partial charge is 0.325 e. The van der Waals surface area contributed by atoms with E-state index in [1.165, 1.54) is 4.90 Å². The maximum absolute atomic E-state index is 12.9. The molecule has 0 spiro atoms. The number of anilines is 1. The molecule has 0 aliphatic carbocycles. The van der Waals surface area contributed by atoms with Gasteiger partial charge in [0, 0.05) is 18.3 Å². The molecule has 1 saturated heterocycles. The van der Waals surface area contributed by atoms with Gasteiger partial charge in [0.15, 0.2) is 0 Å². The average molecular weight is 355 g/mol. The summed E-state index contributed by atoms with van der Waals surface area (Å²) in [6.45, 7) is 4.80. The molecule has 1 N–H and O–H groups in total. The molecular formula is C19H21N3O4. The molecule has 3 rings (SSSR count). The highest BCUT2D eigenvalue weighted by Crippen LogP contribution is 2.32. The third-order valence-electron chi connectivity index (χ3n) is 4.67. The predicted molar refractivity (Wildman–Crippen MR) is 95.6 cm³/mol. The van der Waals surface area contributed by atoms with E-state index in [2.05, 4.69) is 5.32 Å². The van der Waals surface area contributed by atoms with Gasteiger partial charge in [-0.25, -0.2) is 4.79 Å². The van der Waals surface area contributed by atoms with Crippen LogP contribution >= 0.6 is 0 Å². The Morgan fingerprint density at radius 1 is 1.23 bits per heavy atom. The van der Waals surface area contributed by atoms with Crippen LogP contribution in [0, 0.1) is 13.8 Å². The number of hydrogen-bond acceptors (Lipinski definition) is 4. The van der Waals surface area contributed by atoms with Gasteiger partial charge in [-0.05, 0) is 39.0 Å². The highest BCUT2D eigenvalue weighted by atomic mass is 16.3. The Morgan fingerprint density at radius 2 is 1.88 bits per heavy atom. The van der Waals surface area contributed by atoms with Crippen LogP contribution < -0.4 is 10.2 Å². The third kappa shape index (κ3) is 2.85. The Kier molecular flexibility index (Phi) is 4.31. The van der Waals surface area contributed by atoms with E-state index < -0.39 is 17.5 Å². The Balaban J connectivity index is 1.81. The van der Waals surface area contributed by atoms with E-state index in [9.17, 15) is 14.4 Å². The summed E-state index contributed by atoms with van der Waals surface area (Å²) in [5.74, 6) is 0.387. The highest BCUT2D eigenvalue weighted by molar-refractivity contribution is 6.10. The first-order valence-corrected chi connectivity index (χ1v) is 8.27. The summed E-state index contributed by atoms with van der Waals surface area (Å²) < 4.78 is 5.49. The van der Waals surface area contributed by atoms with E-state index in [-0.39, 0.29) is 12.5 Å². The molecule has 0 saturated carbocycles. The molecule has 1 aromatic carbocycles. The molecule has 4 amide bonds. The van der Waals surface area contributed by atoms with E-state index in [1.54, 1.807) is 46.0 Å². The summed E-state index contributed by atoms with van der Waals surface area (Å²) >= 11 is 0. The van der Waals surface area contributed by atoms with Crippen LogP contribution in [0.1, 0.15) is 24.0 Å². The molecular weight excluding hydrogens is 334 g/mol. The van der Waals surface area contributed by atoms with Crippen LogP contribution in [0.4, 0.5) is 10.5 Å². The SMILES string of the molecule is Cc1cc(C2(C)NC(=O)N(CC(=O)N(C)c3ccccc3)C2=O)c(C)o1. The van der Waals surface area contributed by atoms with Crippen molar-refractivity contribution in [1.29, 1.82) is 0 Å². The van der Waals surface area contributed by atoms with Gasteiger partial charge in [-0.2, -0.15) is 0 Å². The second kappa shape index (κ2) is 6.33. The number of carbonyl (C=O) groups excluding carboxylic acids is 3. The van der Waals surface area contributed by atoms with Crippen molar-refractivity contribution in [3.8, 4) is 0 Å². The number of aryl methyl sites for hydroxylation is 2. The van der Waals surface area contributed by atoms with Gasteiger partial charge in [0.1, 0.15) is 23.6 Å². The van der Waals surface area contributed by atoms with Crippen molar-refractivity contribution in [3.05, 3.63) is 53.5 Å². The topological polar surface area (TPSA) is 82.9 Å². The van der Waals surface area contributed by atoms with Crippen LogP contribution in [0.3, 0.4) is 0 Å². The van der Waals surface area contributed by atoms with Crippen molar-refractivity contribution >= 4 is 23.5 Å². The monoisotopic (exact) mass is 355 g/mol. The van der Waals surface area contributed by atoms with Gasteiger partial charge in [0.05, 0.1) is 0 Å². The number of nitrogens with zero attached hydrogens (tertiary/aromatic N) is 2. The molecule has 26 heavy (non-hydrogen) atoms. The second-order valence-corrected chi connectivity index (χ2v) is 6.56. The number of amides is 4. The van der Waals surface area contributed by atoms with Crippen LogP contribution in [-0.2, 0) is 15.1 Å². The zero-order valence-corrected chi connectivity index (χ0v) is 15.2. The summed E-state index contributed by atoms with van der Waals surface area (Å²) in [5, 5.41) is 2.69. The summed E-state index contributed by atoms with van der Waals surface area (Å²) in [7, 11) is 1.61. The number of benzene rings is 1. The molecule has 2 heterocycles. The minimum atomic E-state index is -1.25. The lowest BCUT2D eigenvalue weighted by atomic mass is 9.92. The summed E-state index contributed by atoms with van der Waals surface area (Å²) in [5.41, 5.74) is 0.0400. The van der Waals surface area contributed by atoms with E-state index in [4.69, 9.17) is 4.42 Å². The number of urea groups is 1. The maximum Gasteiger partial charge on any atom is 0.325 e. The first kappa shape index (κ1) is 17.7. The van der Waals surface area contributed by atoms with Gasteiger partial charge < -0.3 is 14.6 Å². The summed E-state index contributed by atoms with van der Waals surface area (Å²) in [6, 6.07) is 10.2. The highest BCUT2D eigenvalue weighted by Gasteiger charge is 2.51. The zero-order valence-electron chi connectivity index (χ0n) is 15.2. The van der Waals surface area contributed by atoms with Gasteiger partial charge in [0.25, 0.3) is 5.91 Å². The van der Waals surface area contributed by atoms with Crippen LogP contribution in [0.25, 0.3) is 0 Å². The van der Waals surface area contributed by atoms with Gasteiger partial charge in [0.2, 0.25) is 5.91 Å². The lowest BCUT2D eigenvalue weighted by Gasteiger charge is -2.22. The van der Waals surface area contributed by atoms with Crippen molar-refractivity contribution in [1.82, 2.24) is 10.2 Å². The molecule has 2 aromatic rings. The van der Waals surface area contributed by atoms with Crippen LogP contribution in [0.2, 0.25) is 0 Å². The lowest BCUT2D eigenvalue weighted by molar-refractivity contribution is -0.134. The van der Waals surface area contributed by atoms with E-state index in [0.29, 0.717) is 22.8 Å². The number of carbonyl (C=O) groups is 3. The largest absolute Gasteiger partial charge is 0.466 e. The minimum absolute atomic E-state index is 0.332. The number of imide groups is 1. The Labute approximate surface area is 151 Å². The average Bonchev–Trinajstić information content (AvgIpc) is 3.06. The zero-order chi connectivity index (χ0) is 19.1. The first-order chi connectivity index (χ1) is 12.2. The maximum atomic E-state index is 12.9. The third-order valence-corrected chi connectivity index (χ3v) is 4.67. The number of likely N-dealkylation sites (N-methyl/N-ethyl adjacent to an activating group) is 1.